The Morgan fingerprint density at radius 3 is 2.79 bits per heavy atom. The summed E-state index contributed by atoms with van der Waals surface area (Å²) in [6.45, 7) is 1.63. The van der Waals surface area contributed by atoms with E-state index in [2.05, 4.69) is 10.6 Å². The molecule has 1 fully saturated rings. The van der Waals surface area contributed by atoms with E-state index in [0.29, 0.717) is 12.6 Å². The fourth-order valence-corrected chi connectivity index (χ4v) is 1.59. The first-order valence-electron chi connectivity index (χ1n) is 5.10. The van der Waals surface area contributed by atoms with Crippen molar-refractivity contribution in [3.05, 3.63) is 0 Å². The van der Waals surface area contributed by atoms with Gasteiger partial charge in [-0.1, -0.05) is 6.42 Å². The van der Waals surface area contributed by atoms with E-state index in [9.17, 15) is 8.78 Å². The summed E-state index contributed by atoms with van der Waals surface area (Å²) in [6, 6.07) is 0.369. The lowest BCUT2D eigenvalue weighted by molar-refractivity contribution is -0.00348. The van der Waals surface area contributed by atoms with Crippen LogP contribution in [0.5, 0.6) is 0 Å². The predicted molar refractivity (Wildman–Crippen MR) is 50.5 cm³/mol. The van der Waals surface area contributed by atoms with Crippen molar-refractivity contribution in [3.8, 4) is 0 Å². The van der Waals surface area contributed by atoms with Crippen molar-refractivity contribution >= 4 is 0 Å². The Morgan fingerprint density at radius 1 is 1.43 bits per heavy atom. The molecule has 0 aliphatic carbocycles. The van der Waals surface area contributed by atoms with Gasteiger partial charge in [-0.25, -0.2) is 8.78 Å². The molecule has 14 heavy (non-hydrogen) atoms. The van der Waals surface area contributed by atoms with E-state index in [1.54, 1.807) is 0 Å². The zero-order chi connectivity index (χ0) is 10.4. The maximum atomic E-state index is 11.9. The average molecular weight is 208 g/mol. The summed E-state index contributed by atoms with van der Waals surface area (Å²) in [5.41, 5.74) is 0. The van der Waals surface area contributed by atoms with Crippen LogP contribution >= 0.6 is 0 Å². The minimum absolute atomic E-state index is 0.0319. The molecule has 1 aliphatic heterocycles. The fraction of sp³-hybridized carbons (Fsp3) is 1.00. The molecular weight excluding hydrogens is 190 g/mol. The van der Waals surface area contributed by atoms with E-state index in [1.165, 1.54) is 12.8 Å². The molecule has 2 atom stereocenters. The molecule has 84 valence electrons. The maximum absolute atomic E-state index is 11.9. The summed E-state index contributed by atoms with van der Waals surface area (Å²) in [4.78, 5) is 0. The number of hydrogen-bond donors (Lipinski definition) is 3. The highest BCUT2D eigenvalue weighted by molar-refractivity contribution is 4.75. The Bertz CT molecular complexity index is 152. The lowest BCUT2D eigenvalue weighted by Crippen LogP contribution is -2.44. The number of rotatable bonds is 5. The van der Waals surface area contributed by atoms with Crippen LogP contribution in [0.1, 0.15) is 19.3 Å². The number of nitrogens with one attached hydrogen (secondary N) is 2. The topological polar surface area (TPSA) is 44.3 Å². The van der Waals surface area contributed by atoms with E-state index in [4.69, 9.17) is 5.11 Å². The van der Waals surface area contributed by atoms with Crippen molar-refractivity contribution in [1.29, 1.82) is 0 Å². The van der Waals surface area contributed by atoms with Gasteiger partial charge in [0.05, 0.1) is 0 Å². The maximum Gasteiger partial charge on any atom is 0.265 e. The van der Waals surface area contributed by atoms with Gasteiger partial charge in [0.15, 0.2) is 0 Å². The van der Waals surface area contributed by atoms with Gasteiger partial charge in [0.1, 0.15) is 6.10 Å². The molecule has 1 heterocycles. The first-order valence-corrected chi connectivity index (χ1v) is 5.10. The Labute approximate surface area is 82.9 Å². The van der Waals surface area contributed by atoms with Crippen LogP contribution in [-0.4, -0.2) is 43.3 Å². The third kappa shape index (κ3) is 4.30. The average Bonchev–Trinajstić information content (AvgIpc) is 2.19. The fourth-order valence-electron chi connectivity index (χ4n) is 1.59. The van der Waals surface area contributed by atoms with Gasteiger partial charge in [-0.05, 0) is 19.4 Å². The van der Waals surface area contributed by atoms with Crippen molar-refractivity contribution in [2.24, 2.45) is 0 Å². The van der Waals surface area contributed by atoms with Gasteiger partial charge in [-0.15, -0.1) is 0 Å². The van der Waals surface area contributed by atoms with Crippen LogP contribution in [-0.2, 0) is 0 Å². The number of halogens is 2. The van der Waals surface area contributed by atoms with E-state index >= 15 is 0 Å². The van der Waals surface area contributed by atoms with Gasteiger partial charge < -0.3 is 15.7 Å². The highest BCUT2D eigenvalue weighted by Gasteiger charge is 2.17. The zero-order valence-corrected chi connectivity index (χ0v) is 8.18. The third-order valence-corrected chi connectivity index (χ3v) is 2.45. The Morgan fingerprint density at radius 2 is 2.21 bits per heavy atom. The number of aliphatic hydroxyl groups is 1. The molecule has 1 aliphatic rings. The monoisotopic (exact) mass is 208 g/mol. The molecule has 1 rings (SSSR count). The molecule has 3 N–H and O–H groups in total. The first kappa shape index (κ1) is 11.8. The van der Waals surface area contributed by atoms with Crippen LogP contribution in [0.2, 0.25) is 0 Å². The lowest BCUT2D eigenvalue weighted by atomic mass is 10.1. The Hall–Kier alpha value is -0.260. The van der Waals surface area contributed by atoms with Crippen molar-refractivity contribution < 1.29 is 13.9 Å². The molecule has 0 spiro atoms. The van der Waals surface area contributed by atoms with Crippen LogP contribution in [0.15, 0.2) is 0 Å². The van der Waals surface area contributed by atoms with Gasteiger partial charge >= 0.3 is 0 Å². The number of aliphatic hydroxyl groups excluding tert-OH is 1. The molecule has 5 heteroatoms. The van der Waals surface area contributed by atoms with Crippen molar-refractivity contribution in [3.63, 3.8) is 0 Å². The normalized spacial score (nSPS) is 25.3. The number of piperidine rings is 1. The third-order valence-electron chi connectivity index (χ3n) is 2.45. The van der Waals surface area contributed by atoms with E-state index in [1.807, 2.05) is 0 Å². The van der Waals surface area contributed by atoms with Crippen LogP contribution in [0.4, 0.5) is 8.78 Å². The smallest absolute Gasteiger partial charge is 0.265 e. The summed E-state index contributed by atoms with van der Waals surface area (Å²) in [5, 5.41) is 15.0. The molecular formula is C9H18F2N2O. The summed E-state index contributed by atoms with van der Waals surface area (Å²) in [7, 11) is 0. The SMILES string of the molecule is OC(CNCC1CCCCN1)C(F)F. The Kier molecular flexibility index (Phi) is 5.29. The van der Waals surface area contributed by atoms with Crippen molar-refractivity contribution in [2.45, 2.75) is 37.8 Å². The largest absolute Gasteiger partial charge is 0.386 e. The second-order valence-corrected chi connectivity index (χ2v) is 3.71. The predicted octanol–water partition coefficient (Wildman–Crippen LogP) is 0.344. The molecule has 0 saturated carbocycles. The second kappa shape index (κ2) is 6.27. The highest BCUT2D eigenvalue weighted by Crippen LogP contribution is 2.06. The zero-order valence-electron chi connectivity index (χ0n) is 8.18. The molecule has 0 aromatic rings. The summed E-state index contributed by atoms with van der Waals surface area (Å²) < 4.78 is 23.8. The minimum atomic E-state index is -2.65. The lowest BCUT2D eigenvalue weighted by Gasteiger charge is -2.24. The molecule has 2 unspecified atom stereocenters. The van der Waals surface area contributed by atoms with Crippen molar-refractivity contribution in [1.82, 2.24) is 10.6 Å². The molecule has 0 aromatic heterocycles. The van der Waals surface area contributed by atoms with Gasteiger partial charge in [-0.2, -0.15) is 0 Å². The standard InChI is InChI=1S/C9H18F2N2O/c10-9(11)8(14)6-12-5-7-3-1-2-4-13-7/h7-9,12-14H,1-6H2. The van der Waals surface area contributed by atoms with Gasteiger partial charge in [0.2, 0.25) is 0 Å². The number of alkyl halides is 2. The first-order chi connectivity index (χ1) is 6.70. The van der Waals surface area contributed by atoms with E-state index in [-0.39, 0.29) is 6.54 Å². The van der Waals surface area contributed by atoms with Gasteiger partial charge in [0, 0.05) is 19.1 Å². The van der Waals surface area contributed by atoms with Crippen LogP contribution < -0.4 is 10.6 Å². The van der Waals surface area contributed by atoms with Gasteiger partial charge in [0.25, 0.3) is 6.43 Å². The number of hydrogen-bond acceptors (Lipinski definition) is 3. The van der Waals surface area contributed by atoms with Crippen LogP contribution in [0, 0.1) is 0 Å². The quantitative estimate of drug-likeness (QED) is 0.610. The summed E-state index contributed by atoms with van der Waals surface area (Å²) in [6.07, 6.45) is -0.731. The molecule has 3 nitrogen and oxygen atoms in total. The summed E-state index contributed by atoms with van der Waals surface area (Å²) in [5.74, 6) is 0. The molecule has 0 amide bonds. The minimum Gasteiger partial charge on any atom is -0.386 e. The molecule has 0 aromatic carbocycles. The Balaban J connectivity index is 2.02. The molecule has 0 bridgehead atoms. The van der Waals surface area contributed by atoms with E-state index in [0.717, 1.165) is 13.0 Å². The second-order valence-electron chi connectivity index (χ2n) is 3.71. The summed E-state index contributed by atoms with van der Waals surface area (Å²) >= 11 is 0. The molecule has 0 radical (unpaired) electrons. The van der Waals surface area contributed by atoms with E-state index < -0.39 is 12.5 Å². The van der Waals surface area contributed by atoms with Crippen LogP contribution in [0.3, 0.4) is 0 Å². The highest BCUT2D eigenvalue weighted by atomic mass is 19.3. The van der Waals surface area contributed by atoms with Crippen molar-refractivity contribution in [2.75, 3.05) is 19.6 Å². The van der Waals surface area contributed by atoms with Gasteiger partial charge in [-0.3, -0.25) is 0 Å². The molecule has 1 saturated heterocycles. The van der Waals surface area contributed by atoms with Crippen LogP contribution in [0.25, 0.3) is 0 Å².